The van der Waals surface area contributed by atoms with Gasteiger partial charge in [-0.05, 0) is 44.7 Å². The molecule has 390 valence electrons. The van der Waals surface area contributed by atoms with Crippen LogP contribution in [0.15, 0.2) is 0 Å². The summed E-state index contributed by atoms with van der Waals surface area (Å²) >= 11 is 5.71. The monoisotopic (exact) mass is 1060 g/mol. The summed E-state index contributed by atoms with van der Waals surface area (Å²) < 4.78 is 4.83. The van der Waals surface area contributed by atoms with Crippen molar-refractivity contribution in [1.82, 2.24) is 50.3 Å². The number of hydrogen-bond donors (Lipinski definition) is 7. The zero-order valence-corrected chi connectivity index (χ0v) is 43.7. The molecular formula is C44H72Cl4N18O4. The maximum Gasteiger partial charge on any atom is 0.256 e. The van der Waals surface area contributed by atoms with E-state index in [1.54, 1.807) is 21.1 Å². The van der Waals surface area contributed by atoms with Gasteiger partial charge in [-0.3, -0.25) is 14.5 Å². The van der Waals surface area contributed by atoms with E-state index in [0.29, 0.717) is 73.8 Å². The number of terminal acetylenes is 6. The van der Waals surface area contributed by atoms with Gasteiger partial charge in [0.25, 0.3) is 11.9 Å². The summed E-state index contributed by atoms with van der Waals surface area (Å²) in [5, 5.41) is 20.7. The van der Waals surface area contributed by atoms with Crippen molar-refractivity contribution in [3.05, 3.63) is 5.28 Å². The van der Waals surface area contributed by atoms with Crippen LogP contribution in [-0.4, -0.2) is 138 Å². The van der Waals surface area contributed by atoms with Crippen LogP contribution in [0.2, 0.25) is 5.28 Å². The molecule has 70 heavy (non-hydrogen) atoms. The second kappa shape index (κ2) is 53.7. The zero-order chi connectivity index (χ0) is 49.6. The fourth-order valence-corrected chi connectivity index (χ4v) is 3.80. The molecule has 3 rings (SSSR count). The van der Waals surface area contributed by atoms with Crippen LogP contribution in [-0.2, 0) is 19.2 Å². The van der Waals surface area contributed by atoms with E-state index < -0.39 is 0 Å². The highest BCUT2D eigenvalue weighted by atomic mass is 35.5. The van der Waals surface area contributed by atoms with Gasteiger partial charge in [-0.2, -0.15) is 44.9 Å². The van der Waals surface area contributed by atoms with Crippen molar-refractivity contribution in [3.8, 4) is 74.1 Å². The molecule has 0 aliphatic heterocycles. The minimum atomic E-state index is 0. The predicted octanol–water partition coefficient (Wildman–Crippen LogP) is 5.59. The average molecular weight is 1060 g/mol. The molecule has 7 N–H and O–H groups in total. The quantitative estimate of drug-likeness (QED) is 0.0311. The molecule has 0 fully saturated rings. The van der Waals surface area contributed by atoms with Crippen LogP contribution >= 0.6 is 48.8 Å². The molecule has 3 aromatic rings. The number of halogens is 4. The molecule has 0 radical (unpaired) electrons. The fourth-order valence-electron chi connectivity index (χ4n) is 3.64. The smallest absolute Gasteiger partial charge is 0.256 e. The summed E-state index contributed by atoms with van der Waals surface area (Å²) in [5.41, 5.74) is 2.43. The summed E-state index contributed by atoms with van der Waals surface area (Å²) in [4.78, 5) is 52.2. The Hall–Kier alpha value is -6.25. The Morgan fingerprint density at radius 3 is 1.01 bits per heavy atom. The van der Waals surface area contributed by atoms with E-state index in [0.717, 1.165) is 52.1 Å². The molecule has 0 bridgehead atoms. The van der Waals surface area contributed by atoms with E-state index in [2.05, 4.69) is 136 Å². The van der Waals surface area contributed by atoms with Crippen LogP contribution in [0.1, 0.15) is 61.3 Å². The molecule has 0 aromatic carbocycles. The largest absolute Gasteiger partial charge is 0.382 e. The van der Waals surface area contributed by atoms with Gasteiger partial charge in [-0.25, -0.2) is 15.6 Å². The lowest BCUT2D eigenvalue weighted by Crippen LogP contribution is -2.22. The minimum Gasteiger partial charge on any atom is -0.382 e. The number of hydroxylamine groups is 3. The van der Waals surface area contributed by atoms with Crippen molar-refractivity contribution in [2.45, 2.75) is 61.3 Å². The molecular weight excluding hydrogens is 986 g/mol. The van der Waals surface area contributed by atoms with Crippen molar-refractivity contribution in [1.29, 1.82) is 0 Å². The first-order valence-electron chi connectivity index (χ1n) is 20.6. The molecule has 3 heterocycles. The molecule has 0 saturated heterocycles. The summed E-state index contributed by atoms with van der Waals surface area (Å²) in [6, 6.07) is 0. The lowest BCUT2D eigenvalue weighted by atomic mass is 10.5. The predicted molar refractivity (Wildman–Crippen MR) is 294 cm³/mol. The second-order valence-electron chi connectivity index (χ2n) is 11.7. The first kappa shape index (κ1) is 75.3. The summed E-state index contributed by atoms with van der Waals surface area (Å²) in [6.07, 6.45) is 33.5. The third kappa shape index (κ3) is 40.8. The van der Waals surface area contributed by atoms with E-state index in [-0.39, 0.29) is 63.1 Å². The maximum absolute atomic E-state index is 5.71. The Labute approximate surface area is 440 Å². The van der Waals surface area contributed by atoms with Gasteiger partial charge in [0.15, 0.2) is 0 Å². The minimum absolute atomic E-state index is 0. The standard InChI is InChI=1S/2C13H18N6O.C9H12ClN5.C4H7NO.C4H10O.CH4.3ClH/c2*1-5-8-14-11-16-12(15-9-6-2)18-13(17-11)19(4)20-10-7-3;1-3-5-11-8-13-7(10)14-9(15-8)12-6-4-2;1-3-4-6-5-2;1-3-5-4-2;;;;/h2*1,3H,6,8-10H2,2,4H3,(H2,14,15,16,17,18);1H,4-6H2,2H3,(H2,11,12,13,14,15);1,5H,4H2,2H3;3-4H2,1-2H3;1H4;3*1H. The molecule has 26 heteroatoms. The van der Waals surface area contributed by atoms with Gasteiger partial charge in [0.1, 0.15) is 19.8 Å². The summed E-state index contributed by atoms with van der Waals surface area (Å²) in [7, 11) is 5.00. The zero-order valence-electron chi connectivity index (χ0n) is 40.5. The molecule has 0 amide bonds. The fraction of sp³-hybridized carbons (Fsp3) is 0.523. The number of aromatic nitrogens is 9. The molecule has 0 aliphatic carbocycles. The van der Waals surface area contributed by atoms with E-state index in [1.807, 2.05) is 20.8 Å². The number of nitrogens with one attached hydrogen (secondary N) is 7. The number of rotatable bonds is 25. The van der Waals surface area contributed by atoms with Crippen LogP contribution in [0.25, 0.3) is 0 Å². The third-order valence-corrected chi connectivity index (χ3v) is 6.62. The van der Waals surface area contributed by atoms with Gasteiger partial charge in [0.05, 0.1) is 19.6 Å². The van der Waals surface area contributed by atoms with Crippen molar-refractivity contribution >= 4 is 96.4 Å². The van der Waals surface area contributed by atoms with Gasteiger partial charge in [-0.15, -0.1) is 75.8 Å². The molecule has 0 unspecified atom stereocenters. The van der Waals surface area contributed by atoms with E-state index in [1.165, 1.54) is 10.1 Å². The molecule has 0 spiro atoms. The van der Waals surface area contributed by atoms with Gasteiger partial charge in [-0.1, -0.05) is 63.7 Å². The number of nitrogens with zero attached hydrogens (tertiary/aromatic N) is 11. The van der Waals surface area contributed by atoms with E-state index in [9.17, 15) is 0 Å². The first-order valence-corrected chi connectivity index (χ1v) is 21.0. The Morgan fingerprint density at radius 1 is 0.471 bits per heavy atom. The highest BCUT2D eigenvalue weighted by molar-refractivity contribution is 6.28. The van der Waals surface area contributed by atoms with Gasteiger partial charge in [0.2, 0.25) is 41.0 Å². The van der Waals surface area contributed by atoms with E-state index in [4.69, 9.17) is 64.6 Å². The number of anilines is 8. The van der Waals surface area contributed by atoms with Crippen molar-refractivity contribution < 1.29 is 19.2 Å². The van der Waals surface area contributed by atoms with Crippen molar-refractivity contribution in [3.63, 3.8) is 0 Å². The van der Waals surface area contributed by atoms with E-state index >= 15 is 0 Å². The van der Waals surface area contributed by atoms with Crippen LogP contribution in [0.5, 0.6) is 0 Å². The van der Waals surface area contributed by atoms with Crippen LogP contribution in [0.3, 0.4) is 0 Å². The average Bonchev–Trinajstić information content (AvgIpc) is 3.33. The van der Waals surface area contributed by atoms with Gasteiger partial charge in [0, 0.05) is 54.0 Å². The van der Waals surface area contributed by atoms with Crippen molar-refractivity contribution in [2.24, 2.45) is 0 Å². The number of ether oxygens (including phenoxy) is 1. The first-order chi connectivity index (χ1) is 32.0. The Kier molecular flexibility index (Phi) is 57.7. The number of hydrogen-bond acceptors (Lipinski definition) is 22. The Balaban J connectivity index is -0.000000194. The highest BCUT2D eigenvalue weighted by Crippen LogP contribution is 2.14. The van der Waals surface area contributed by atoms with Crippen molar-refractivity contribution in [2.75, 3.05) is 135 Å². The van der Waals surface area contributed by atoms with Crippen LogP contribution < -0.4 is 47.5 Å². The molecule has 0 atom stereocenters. The van der Waals surface area contributed by atoms with Gasteiger partial charge >= 0.3 is 0 Å². The third-order valence-electron chi connectivity index (χ3n) is 6.45. The highest BCUT2D eigenvalue weighted by Gasteiger charge is 2.12. The SMILES string of the molecule is C.C#CCNc1nc(Cl)nc(NCCC)n1.C#CCNc1nc(NCCC)nc(N(C)OCC#C)n1.C#CCNc1nc(NCCC)nc(N(C)OCC#C)n1.C#CCONC.CCOCC.Cl.Cl.Cl. The summed E-state index contributed by atoms with van der Waals surface area (Å²) in [5.74, 6) is 17.5. The molecule has 3 aromatic heterocycles. The lowest BCUT2D eigenvalue weighted by Gasteiger charge is -2.16. The molecule has 0 aliphatic rings. The Bertz CT molecular complexity index is 1910. The van der Waals surface area contributed by atoms with Crippen LogP contribution in [0.4, 0.5) is 47.6 Å². The van der Waals surface area contributed by atoms with Crippen LogP contribution in [0, 0.1) is 74.1 Å². The molecule has 0 saturated carbocycles. The second-order valence-corrected chi connectivity index (χ2v) is 12.0. The Morgan fingerprint density at radius 2 is 0.771 bits per heavy atom. The molecule has 22 nitrogen and oxygen atoms in total. The summed E-state index contributed by atoms with van der Waals surface area (Å²) in [6.45, 7) is 15.7. The maximum atomic E-state index is 5.71. The lowest BCUT2D eigenvalue weighted by molar-refractivity contribution is 0.0852. The normalized spacial score (nSPS) is 8.61. The topological polar surface area (TPSA) is 244 Å². The van der Waals surface area contributed by atoms with Gasteiger partial charge < -0.3 is 36.6 Å².